The average molecular weight is 211 g/mol. The van der Waals surface area contributed by atoms with Crippen molar-refractivity contribution in [3.05, 3.63) is 29.8 Å². The third-order valence-corrected chi connectivity index (χ3v) is 2.67. The minimum atomic E-state index is -0.174. The van der Waals surface area contributed by atoms with Gasteiger partial charge in [-0.25, -0.2) is 5.48 Å². The van der Waals surface area contributed by atoms with Gasteiger partial charge in [-0.3, -0.25) is 9.63 Å². The van der Waals surface area contributed by atoms with E-state index in [1.165, 1.54) is 0 Å². The van der Waals surface area contributed by atoms with Gasteiger partial charge in [0, 0.05) is 6.42 Å². The van der Waals surface area contributed by atoms with E-state index in [9.17, 15) is 4.79 Å². The summed E-state index contributed by atoms with van der Waals surface area (Å²) in [6.45, 7) is 0. The summed E-state index contributed by atoms with van der Waals surface area (Å²) in [5, 5.41) is 8.90. The molecular weight excluding hydrogens is 202 g/mol. The first kappa shape index (κ1) is 9.36. The number of aromatic hydroxyl groups is 1. The number of hydrogen-bond acceptors (Lipinski definition) is 4. The molecule has 2 rings (SSSR count). The fraction of sp³-hybridized carbons (Fsp3) is 0.222. The largest absolute Gasteiger partial charge is 0.508 e. The van der Waals surface area contributed by atoms with Crippen molar-refractivity contribution in [2.45, 2.75) is 11.9 Å². The predicted octanol–water partition coefficient (Wildman–Crippen LogP) is 1.65. The summed E-state index contributed by atoms with van der Waals surface area (Å²) in [4.78, 5) is 15.8. The van der Waals surface area contributed by atoms with Crippen LogP contribution in [0.2, 0.25) is 0 Å². The number of rotatable bonds is 2. The van der Waals surface area contributed by atoms with Crippen molar-refractivity contribution in [3.8, 4) is 5.75 Å². The monoisotopic (exact) mass is 211 g/mol. The minimum Gasteiger partial charge on any atom is -0.508 e. The third-order valence-electron chi connectivity index (χ3n) is 1.85. The van der Waals surface area contributed by atoms with Crippen LogP contribution >= 0.6 is 11.8 Å². The number of carbonyl (C=O) groups is 1. The third kappa shape index (κ3) is 2.18. The molecule has 4 nitrogen and oxygen atoms in total. The van der Waals surface area contributed by atoms with E-state index in [1.54, 1.807) is 12.1 Å². The van der Waals surface area contributed by atoms with Gasteiger partial charge in [-0.1, -0.05) is 12.1 Å². The first-order valence-corrected chi connectivity index (χ1v) is 5.02. The van der Waals surface area contributed by atoms with E-state index >= 15 is 0 Å². The zero-order valence-electron chi connectivity index (χ0n) is 7.27. The zero-order valence-corrected chi connectivity index (χ0v) is 8.08. The van der Waals surface area contributed by atoms with Crippen LogP contribution in [0, 0.1) is 0 Å². The molecule has 74 valence electrons. The summed E-state index contributed by atoms with van der Waals surface area (Å²) in [6.07, 6.45) is 0.643. The smallest absolute Gasteiger partial charge is 0.305 e. The van der Waals surface area contributed by atoms with E-state index in [0.717, 1.165) is 17.3 Å². The Balaban J connectivity index is 1.97. The van der Waals surface area contributed by atoms with E-state index in [0.29, 0.717) is 6.42 Å². The van der Waals surface area contributed by atoms with Crippen molar-refractivity contribution in [3.63, 3.8) is 0 Å². The Hall–Kier alpha value is -1.20. The summed E-state index contributed by atoms with van der Waals surface area (Å²) < 4.78 is 0. The maximum Gasteiger partial charge on any atom is 0.305 e. The van der Waals surface area contributed by atoms with Gasteiger partial charge in [0.05, 0.1) is 0 Å². The molecule has 5 heteroatoms. The fourth-order valence-corrected chi connectivity index (χ4v) is 1.90. The molecule has 0 radical (unpaired) electrons. The fourth-order valence-electron chi connectivity index (χ4n) is 1.19. The normalized spacial score (nSPS) is 20.9. The first-order chi connectivity index (χ1) is 6.74. The van der Waals surface area contributed by atoms with Gasteiger partial charge in [-0.2, -0.15) is 0 Å². The number of hydrogen-bond donors (Lipinski definition) is 2. The van der Waals surface area contributed by atoms with Crippen molar-refractivity contribution in [1.82, 2.24) is 5.48 Å². The molecule has 2 N–H and O–H groups in total. The molecule has 0 bridgehead atoms. The molecular formula is C9H9NO3S. The summed E-state index contributed by atoms with van der Waals surface area (Å²) in [7, 11) is 0. The minimum absolute atomic E-state index is 0.159. The van der Waals surface area contributed by atoms with Crippen molar-refractivity contribution in [2.75, 3.05) is 0 Å². The molecule has 0 aliphatic carbocycles. The van der Waals surface area contributed by atoms with Crippen LogP contribution in [0.15, 0.2) is 24.3 Å². The Bertz CT molecular complexity index is 338. The molecule has 1 atom stereocenters. The lowest BCUT2D eigenvalue weighted by molar-refractivity contribution is 0.0647. The number of hydroxylamine groups is 1. The Labute approximate surface area is 85.2 Å². The average Bonchev–Trinajstić information content (AvgIpc) is 2.56. The lowest BCUT2D eigenvalue weighted by atomic mass is 10.1. The zero-order chi connectivity index (χ0) is 9.97. The van der Waals surface area contributed by atoms with Crippen LogP contribution in [0.3, 0.4) is 0 Å². The van der Waals surface area contributed by atoms with E-state index < -0.39 is 0 Å². The maximum absolute atomic E-state index is 10.8. The van der Waals surface area contributed by atoms with Gasteiger partial charge in [-0.15, -0.1) is 0 Å². The van der Waals surface area contributed by atoms with Gasteiger partial charge in [0.2, 0.25) is 0 Å². The van der Waals surface area contributed by atoms with Gasteiger partial charge in [0.25, 0.3) is 0 Å². The Morgan fingerprint density at radius 2 is 2.14 bits per heavy atom. The predicted molar refractivity (Wildman–Crippen MR) is 52.8 cm³/mol. The van der Waals surface area contributed by atoms with Crippen LogP contribution < -0.4 is 5.48 Å². The molecule has 0 saturated carbocycles. The van der Waals surface area contributed by atoms with Crippen LogP contribution in [-0.4, -0.2) is 15.8 Å². The topological polar surface area (TPSA) is 58.6 Å². The van der Waals surface area contributed by atoms with Crippen molar-refractivity contribution >= 4 is 17.0 Å². The maximum atomic E-state index is 10.8. The Morgan fingerprint density at radius 3 is 2.71 bits per heavy atom. The van der Waals surface area contributed by atoms with E-state index in [-0.39, 0.29) is 16.4 Å². The van der Waals surface area contributed by atoms with Gasteiger partial charge in [-0.05, 0) is 29.5 Å². The highest BCUT2D eigenvalue weighted by atomic mass is 32.2. The number of benzene rings is 1. The van der Waals surface area contributed by atoms with E-state index in [4.69, 9.17) is 9.94 Å². The number of amides is 1. The Morgan fingerprint density at radius 1 is 1.43 bits per heavy atom. The molecule has 1 aromatic carbocycles. The standard InChI is InChI=1S/C9H9NO3S/c11-7-3-1-6(2-4-7)5-8-13-10-9(12)14-8/h1-4,8,11H,5H2,(H,10,12). The van der Waals surface area contributed by atoms with Crippen molar-refractivity contribution in [1.29, 1.82) is 0 Å². The first-order valence-electron chi connectivity index (χ1n) is 4.14. The molecule has 0 spiro atoms. The molecule has 1 saturated heterocycles. The van der Waals surface area contributed by atoms with Crippen LogP contribution in [-0.2, 0) is 11.3 Å². The number of carbonyl (C=O) groups excluding carboxylic acids is 1. The highest BCUT2D eigenvalue weighted by Crippen LogP contribution is 2.23. The SMILES string of the molecule is O=C1NOC(Cc2ccc(O)cc2)S1. The summed E-state index contributed by atoms with van der Waals surface area (Å²) in [5.41, 5.74) is 3.13. The molecule has 1 unspecified atom stereocenters. The summed E-state index contributed by atoms with van der Waals surface area (Å²) in [6, 6.07) is 6.85. The molecule has 1 aromatic rings. The van der Waals surface area contributed by atoms with Gasteiger partial charge in [0.15, 0.2) is 0 Å². The molecule has 14 heavy (non-hydrogen) atoms. The quantitative estimate of drug-likeness (QED) is 0.781. The number of nitrogens with one attached hydrogen (secondary N) is 1. The lowest BCUT2D eigenvalue weighted by Crippen LogP contribution is -2.12. The summed E-state index contributed by atoms with van der Waals surface area (Å²) >= 11 is 1.13. The van der Waals surface area contributed by atoms with Crippen LogP contribution in [0.25, 0.3) is 0 Å². The van der Waals surface area contributed by atoms with Gasteiger partial charge < -0.3 is 5.11 Å². The number of phenolic OH excluding ortho intramolecular Hbond substituents is 1. The molecule has 1 heterocycles. The molecule has 1 aliphatic heterocycles. The lowest BCUT2D eigenvalue weighted by Gasteiger charge is -2.05. The van der Waals surface area contributed by atoms with Crippen molar-refractivity contribution < 1.29 is 14.7 Å². The summed E-state index contributed by atoms with van der Waals surface area (Å²) in [5.74, 6) is 0.239. The van der Waals surface area contributed by atoms with Gasteiger partial charge >= 0.3 is 5.24 Å². The highest BCUT2D eigenvalue weighted by molar-refractivity contribution is 8.14. The molecule has 0 aromatic heterocycles. The highest BCUT2D eigenvalue weighted by Gasteiger charge is 2.23. The second-order valence-electron chi connectivity index (χ2n) is 2.93. The second-order valence-corrected chi connectivity index (χ2v) is 4.06. The molecule has 1 fully saturated rings. The van der Waals surface area contributed by atoms with E-state index in [2.05, 4.69) is 5.48 Å². The van der Waals surface area contributed by atoms with Crippen LogP contribution in [0.1, 0.15) is 5.56 Å². The van der Waals surface area contributed by atoms with Crippen LogP contribution in [0.4, 0.5) is 4.79 Å². The Kier molecular flexibility index (Phi) is 2.60. The van der Waals surface area contributed by atoms with Crippen molar-refractivity contribution in [2.24, 2.45) is 0 Å². The number of phenols is 1. The number of thioether (sulfide) groups is 1. The van der Waals surface area contributed by atoms with Crippen LogP contribution in [0.5, 0.6) is 5.75 Å². The van der Waals surface area contributed by atoms with E-state index in [1.807, 2.05) is 12.1 Å². The second kappa shape index (κ2) is 3.89. The molecule has 1 aliphatic rings. The van der Waals surface area contributed by atoms with Gasteiger partial charge in [0.1, 0.15) is 11.2 Å². The molecule has 1 amide bonds.